The third-order valence-electron chi connectivity index (χ3n) is 3.81. The topological polar surface area (TPSA) is 61.4 Å². The predicted molar refractivity (Wildman–Crippen MR) is 76.3 cm³/mol. The molecule has 0 bridgehead atoms. The lowest BCUT2D eigenvalue weighted by atomic mass is 9.87. The van der Waals surface area contributed by atoms with Gasteiger partial charge in [-0.3, -0.25) is 4.79 Å². The number of amides is 1. The fourth-order valence-corrected chi connectivity index (χ4v) is 2.58. The second-order valence-corrected chi connectivity index (χ2v) is 5.18. The van der Waals surface area contributed by atoms with Crippen LogP contribution in [-0.2, 0) is 0 Å². The summed E-state index contributed by atoms with van der Waals surface area (Å²) in [6, 6.07) is 7.50. The molecule has 0 aromatic heterocycles. The van der Waals surface area contributed by atoms with Crippen molar-refractivity contribution in [1.29, 1.82) is 0 Å². The first-order valence-electron chi connectivity index (χ1n) is 6.93. The Hall–Kier alpha value is -1.55. The zero-order chi connectivity index (χ0) is 13.7. The van der Waals surface area contributed by atoms with Gasteiger partial charge in [-0.15, -0.1) is 0 Å². The number of aliphatic hydroxyl groups is 1. The van der Waals surface area contributed by atoms with E-state index in [0.717, 1.165) is 31.4 Å². The molecular formula is C15H22N2O2. The number of hydrogen-bond acceptors (Lipinski definition) is 3. The van der Waals surface area contributed by atoms with Crippen LogP contribution < -0.4 is 10.6 Å². The van der Waals surface area contributed by atoms with E-state index in [1.54, 1.807) is 0 Å². The average molecular weight is 262 g/mol. The first-order valence-corrected chi connectivity index (χ1v) is 6.93. The summed E-state index contributed by atoms with van der Waals surface area (Å²) in [5, 5.41) is 15.5. The number of rotatable bonds is 4. The first kappa shape index (κ1) is 13.9. The van der Waals surface area contributed by atoms with Gasteiger partial charge in [0.2, 0.25) is 0 Å². The molecule has 104 valence electrons. The highest BCUT2D eigenvalue weighted by Crippen LogP contribution is 2.23. The van der Waals surface area contributed by atoms with Crippen molar-refractivity contribution in [1.82, 2.24) is 5.32 Å². The van der Waals surface area contributed by atoms with Gasteiger partial charge in [-0.25, -0.2) is 0 Å². The van der Waals surface area contributed by atoms with Crippen LogP contribution in [0.2, 0.25) is 0 Å². The Balaban J connectivity index is 1.87. The zero-order valence-electron chi connectivity index (χ0n) is 11.4. The van der Waals surface area contributed by atoms with Crippen LogP contribution in [0.5, 0.6) is 0 Å². The lowest BCUT2D eigenvalue weighted by molar-refractivity contribution is 0.0911. The van der Waals surface area contributed by atoms with E-state index in [1.165, 1.54) is 0 Å². The summed E-state index contributed by atoms with van der Waals surface area (Å²) < 4.78 is 0. The van der Waals surface area contributed by atoms with E-state index >= 15 is 0 Å². The van der Waals surface area contributed by atoms with E-state index in [4.69, 9.17) is 0 Å². The van der Waals surface area contributed by atoms with Crippen molar-refractivity contribution in [2.75, 3.05) is 18.9 Å². The molecule has 1 aromatic carbocycles. The highest BCUT2D eigenvalue weighted by atomic mass is 16.3. The molecule has 1 amide bonds. The van der Waals surface area contributed by atoms with Crippen LogP contribution in [0, 0.1) is 5.92 Å². The van der Waals surface area contributed by atoms with Gasteiger partial charge in [0, 0.05) is 19.3 Å². The molecule has 1 aliphatic carbocycles. The maximum atomic E-state index is 12.1. The van der Waals surface area contributed by atoms with Crippen molar-refractivity contribution < 1.29 is 9.90 Å². The summed E-state index contributed by atoms with van der Waals surface area (Å²) in [5.74, 6) is 0.463. The fraction of sp³-hybridized carbons (Fsp3) is 0.533. The third kappa shape index (κ3) is 3.70. The summed E-state index contributed by atoms with van der Waals surface area (Å²) in [4.78, 5) is 12.1. The molecule has 2 rings (SSSR count). The number of carbonyl (C=O) groups is 1. The lowest BCUT2D eigenvalue weighted by Crippen LogP contribution is -2.32. The predicted octanol–water partition coefficient (Wildman–Crippen LogP) is 2.01. The average Bonchev–Trinajstić information content (AvgIpc) is 2.46. The van der Waals surface area contributed by atoms with Crippen molar-refractivity contribution in [3.8, 4) is 0 Å². The smallest absolute Gasteiger partial charge is 0.253 e. The SMILES string of the molecule is CNc1ccccc1C(=O)NCC1CCC(O)CC1. The second kappa shape index (κ2) is 6.57. The van der Waals surface area contributed by atoms with Crippen LogP contribution in [0.1, 0.15) is 36.0 Å². The number of hydrogen-bond donors (Lipinski definition) is 3. The van der Waals surface area contributed by atoms with Gasteiger partial charge in [0.25, 0.3) is 5.91 Å². The van der Waals surface area contributed by atoms with Crippen LogP contribution in [0.4, 0.5) is 5.69 Å². The molecule has 1 aliphatic rings. The van der Waals surface area contributed by atoms with Gasteiger partial charge in [-0.05, 0) is 43.7 Å². The maximum Gasteiger partial charge on any atom is 0.253 e. The Bertz CT molecular complexity index is 426. The van der Waals surface area contributed by atoms with E-state index < -0.39 is 0 Å². The molecule has 3 N–H and O–H groups in total. The van der Waals surface area contributed by atoms with Crippen molar-refractivity contribution in [3.63, 3.8) is 0 Å². The second-order valence-electron chi connectivity index (χ2n) is 5.18. The summed E-state index contributed by atoms with van der Waals surface area (Å²) in [6.07, 6.45) is 3.56. The van der Waals surface area contributed by atoms with Crippen molar-refractivity contribution in [2.45, 2.75) is 31.8 Å². The summed E-state index contributed by atoms with van der Waals surface area (Å²) >= 11 is 0. The number of benzene rings is 1. The molecule has 4 nitrogen and oxygen atoms in total. The monoisotopic (exact) mass is 262 g/mol. The molecule has 0 aliphatic heterocycles. The Morgan fingerprint density at radius 3 is 2.63 bits per heavy atom. The molecule has 0 atom stereocenters. The van der Waals surface area contributed by atoms with Crippen LogP contribution in [0.15, 0.2) is 24.3 Å². The quantitative estimate of drug-likeness (QED) is 0.778. The number of anilines is 1. The number of carbonyl (C=O) groups excluding carboxylic acids is 1. The Morgan fingerprint density at radius 2 is 1.95 bits per heavy atom. The van der Waals surface area contributed by atoms with Gasteiger partial charge in [0.15, 0.2) is 0 Å². The van der Waals surface area contributed by atoms with Crippen molar-refractivity contribution >= 4 is 11.6 Å². The molecule has 0 saturated heterocycles. The summed E-state index contributed by atoms with van der Waals surface area (Å²) in [7, 11) is 1.81. The van der Waals surface area contributed by atoms with Gasteiger partial charge < -0.3 is 15.7 Å². The van der Waals surface area contributed by atoms with Gasteiger partial charge >= 0.3 is 0 Å². The van der Waals surface area contributed by atoms with E-state index in [2.05, 4.69) is 10.6 Å². The first-order chi connectivity index (χ1) is 9.20. The number of para-hydroxylation sites is 1. The van der Waals surface area contributed by atoms with Crippen LogP contribution in [-0.4, -0.2) is 30.7 Å². The van der Waals surface area contributed by atoms with Gasteiger partial charge in [0.05, 0.1) is 11.7 Å². The van der Waals surface area contributed by atoms with Gasteiger partial charge in [0.1, 0.15) is 0 Å². The molecule has 1 saturated carbocycles. The molecule has 4 heteroatoms. The van der Waals surface area contributed by atoms with Crippen LogP contribution in [0.3, 0.4) is 0 Å². The molecule has 0 heterocycles. The van der Waals surface area contributed by atoms with Crippen LogP contribution in [0.25, 0.3) is 0 Å². The molecule has 0 radical (unpaired) electrons. The molecule has 1 fully saturated rings. The van der Waals surface area contributed by atoms with E-state index in [1.807, 2.05) is 31.3 Å². The maximum absolute atomic E-state index is 12.1. The highest BCUT2D eigenvalue weighted by molar-refractivity contribution is 5.99. The Morgan fingerprint density at radius 1 is 1.26 bits per heavy atom. The molecule has 0 unspecified atom stereocenters. The Labute approximate surface area is 114 Å². The van der Waals surface area contributed by atoms with Crippen molar-refractivity contribution in [3.05, 3.63) is 29.8 Å². The zero-order valence-corrected chi connectivity index (χ0v) is 11.4. The van der Waals surface area contributed by atoms with Crippen molar-refractivity contribution in [2.24, 2.45) is 5.92 Å². The highest BCUT2D eigenvalue weighted by Gasteiger charge is 2.20. The lowest BCUT2D eigenvalue weighted by Gasteiger charge is -2.25. The number of aliphatic hydroxyl groups excluding tert-OH is 1. The van der Waals surface area contributed by atoms with Crippen LogP contribution >= 0.6 is 0 Å². The third-order valence-corrected chi connectivity index (χ3v) is 3.81. The summed E-state index contributed by atoms with van der Waals surface area (Å²) in [6.45, 7) is 0.698. The Kier molecular flexibility index (Phi) is 4.80. The van der Waals surface area contributed by atoms with Gasteiger partial charge in [-0.1, -0.05) is 12.1 Å². The molecule has 19 heavy (non-hydrogen) atoms. The van der Waals surface area contributed by atoms with E-state index in [-0.39, 0.29) is 12.0 Å². The standard InChI is InChI=1S/C15H22N2O2/c1-16-14-5-3-2-4-13(14)15(19)17-10-11-6-8-12(18)9-7-11/h2-5,11-12,16,18H,6-10H2,1H3,(H,17,19). The largest absolute Gasteiger partial charge is 0.393 e. The summed E-state index contributed by atoms with van der Waals surface area (Å²) in [5.41, 5.74) is 1.53. The minimum atomic E-state index is -0.142. The molecule has 0 spiro atoms. The van der Waals surface area contributed by atoms with E-state index in [0.29, 0.717) is 18.0 Å². The normalized spacial score (nSPS) is 22.8. The fourth-order valence-electron chi connectivity index (χ4n) is 2.58. The number of nitrogens with one attached hydrogen (secondary N) is 2. The molecular weight excluding hydrogens is 240 g/mol. The minimum absolute atomic E-state index is 0.0314. The minimum Gasteiger partial charge on any atom is -0.393 e. The van der Waals surface area contributed by atoms with Gasteiger partial charge in [-0.2, -0.15) is 0 Å². The molecule has 1 aromatic rings. The van der Waals surface area contributed by atoms with E-state index in [9.17, 15) is 9.90 Å².